The van der Waals surface area contributed by atoms with Gasteiger partial charge in [0.25, 0.3) is 5.91 Å². The van der Waals surface area contributed by atoms with Crippen LogP contribution in [0.15, 0.2) is 10.1 Å². The van der Waals surface area contributed by atoms with E-state index in [0.29, 0.717) is 6.54 Å². The van der Waals surface area contributed by atoms with E-state index in [2.05, 4.69) is 4.90 Å². The third kappa shape index (κ3) is 2.76. The van der Waals surface area contributed by atoms with Gasteiger partial charge in [0.15, 0.2) is 6.23 Å². The van der Waals surface area contributed by atoms with Crippen molar-refractivity contribution in [3.05, 3.63) is 10.1 Å². The fourth-order valence-corrected chi connectivity index (χ4v) is 2.65. The standard InChI is InChI=1S/C11H16Cl2N2O2/c12-8-9(13)11(17)15(10(8)16)7-6-14-4-2-1-3-5-14/h10,16H,1-7H2. The van der Waals surface area contributed by atoms with E-state index in [4.69, 9.17) is 23.2 Å². The number of rotatable bonds is 3. The lowest BCUT2D eigenvalue weighted by Crippen LogP contribution is -2.42. The largest absolute Gasteiger partial charge is 0.368 e. The normalized spacial score (nSPS) is 27.1. The minimum absolute atomic E-state index is 0.0373. The zero-order chi connectivity index (χ0) is 12.4. The Kier molecular flexibility index (Phi) is 4.31. The second-order valence-corrected chi connectivity index (χ2v) is 5.22. The van der Waals surface area contributed by atoms with Crippen molar-refractivity contribution in [1.29, 1.82) is 0 Å². The molecule has 1 unspecified atom stereocenters. The molecule has 17 heavy (non-hydrogen) atoms. The zero-order valence-electron chi connectivity index (χ0n) is 9.53. The Labute approximate surface area is 111 Å². The Morgan fingerprint density at radius 3 is 2.35 bits per heavy atom. The Hall–Kier alpha value is -0.290. The van der Waals surface area contributed by atoms with Crippen LogP contribution < -0.4 is 0 Å². The number of carbonyl (C=O) groups is 1. The fourth-order valence-electron chi connectivity index (χ4n) is 2.25. The van der Waals surface area contributed by atoms with Gasteiger partial charge in [-0.1, -0.05) is 29.6 Å². The van der Waals surface area contributed by atoms with E-state index < -0.39 is 6.23 Å². The van der Waals surface area contributed by atoms with Crippen molar-refractivity contribution < 1.29 is 9.90 Å². The Balaban J connectivity index is 1.86. The van der Waals surface area contributed by atoms with Crippen LogP contribution >= 0.6 is 23.2 Å². The van der Waals surface area contributed by atoms with E-state index in [0.717, 1.165) is 19.6 Å². The van der Waals surface area contributed by atoms with Gasteiger partial charge >= 0.3 is 0 Å². The third-order valence-electron chi connectivity index (χ3n) is 3.29. The van der Waals surface area contributed by atoms with Crippen LogP contribution in [-0.2, 0) is 4.79 Å². The summed E-state index contributed by atoms with van der Waals surface area (Å²) in [5, 5.41) is 9.72. The average molecular weight is 279 g/mol. The van der Waals surface area contributed by atoms with Crippen molar-refractivity contribution in [2.24, 2.45) is 0 Å². The Morgan fingerprint density at radius 1 is 1.18 bits per heavy atom. The van der Waals surface area contributed by atoms with Gasteiger partial charge in [-0.05, 0) is 25.9 Å². The van der Waals surface area contributed by atoms with Crippen LogP contribution in [0.5, 0.6) is 0 Å². The van der Waals surface area contributed by atoms with Gasteiger partial charge in [0.2, 0.25) is 0 Å². The van der Waals surface area contributed by atoms with Gasteiger partial charge in [0.1, 0.15) is 5.03 Å². The van der Waals surface area contributed by atoms with Crippen LogP contribution in [0.25, 0.3) is 0 Å². The molecule has 2 rings (SSSR count). The predicted molar refractivity (Wildman–Crippen MR) is 66.7 cm³/mol. The topological polar surface area (TPSA) is 43.8 Å². The van der Waals surface area contributed by atoms with E-state index >= 15 is 0 Å². The van der Waals surface area contributed by atoms with Crippen molar-refractivity contribution in [3.63, 3.8) is 0 Å². The van der Waals surface area contributed by atoms with E-state index in [1.165, 1.54) is 24.2 Å². The molecule has 0 aromatic carbocycles. The minimum Gasteiger partial charge on any atom is -0.368 e. The molecule has 96 valence electrons. The van der Waals surface area contributed by atoms with E-state index in [9.17, 15) is 9.90 Å². The summed E-state index contributed by atoms with van der Waals surface area (Å²) >= 11 is 11.5. The van der Waals surface area contributed by atoms with Crippen LogP contribution in [0.3, 0.4) is 0 Å². The summed E-state index contributed by atoms with van der Waals surface area (Å²) in [6.45, 7) is 3.35. The lowest BCUT2D eigenvalue weighted by Gasteiger charge is -2.29. The molecule has 2 aliphatic rings. The highest BCUT2D eigenvalue weighted by Crippen LogP contribution is 2.29. The maximum atomic E-state index is 11.7. The molecule has 1 fully saturated rings. The SMILES string of the molecule is O=C1C(Cl)=C(Cl)C(O)N1CCN1CCCCC1. The summed E-state index contributed by atoms with van der Waals surface area (Å²) in [6.07, 6.45) is 2.62. The number of hydrogen-bond acceptors (Lipinski definition) is 3. The van der Waals surface area contributed by atoms with Crippen molar-refractivity contribution >= 4 is 29.1 Å². The molecule has 1 amide bonds. The highest BCUT2D eigenvalue weighted by Gasteiger charge is 2.36. The molecule has 1 atom stereocenters. The number of aliphatic hydroxyl groups is 1. The first kappa shape index (κ1) is 13.1. The lowest BCUT2D eigenvalue weighted by molar-refractivity contribution is -0.131. The molecule has 4 nitrogen and oxygen atoms in total. The zero-order valence-corrected chi connectivity index (χ0v) is 11.0. The van der Waals surface area contributed by atoms with Gasteiger partial charge in [-0.25, -0.2) is 0 Å². The van der Waals surface area contributed by atoms with Gasteiger partial charge in [-0.3, -0.25) is 4.79 Å². The van der Waals surface area contributed by atoms with Gasteiger partial charge in [0, 0.05) is 13.1 Å². The molecule has 2 aliphatic heterocycles. The number of piperidine rings is 1. The summed E-state index contributed by atoms with van der Waals surface area (Å²) < 4.78 is 0. The van der Waals surface area contributed by atoms with Crippen molar-refractivity contribution in [2.45, 2.75) is 25.5 Å². The molecular weight excluding hydrogens is 263 g/mol. The smallest absolute Gasteiger partial charge is 0.269 e. The first-order chi connectivity index (χ1) is 8.11. The van der Waals surface area contributed by atoms with Gasteiger partial charge < -0.3 is 14.9 Å². The number of amides is 1. The van der Waals surface area contributed by atoms with Crippen LogP contribution in [-0.4, -0.2) is 53.2 Å². The van der Waals surface area contributed by atoms with Crippen molar-refractivity contribution in [2.75, 3.05) is 26.2 Å². The Morgan fingerprint density at radius 2 is 1.82 bits per heavy atom. The molecule has 6 heteroatoms. The highest BCUT2D eigenvalue weighted by atomic mass is 35.5. The number of aliphatic hydroxyl groups excluding tert-OH is 1. The second kappa shape index (κ2) is 5.57. The molecule has 1 N–H and O–H groups in total. The summed E-state index contributed by atoms with van der Waals surface area (Å²) in [6, 6.07) is 0. The molecule has 0 aromatic rings. The molecule has 0 bridgehead atoms. The first-order valence-electron chi connectivity index (χ1n) is 5.88. The van der Waals surface area contributed by atoms with Crippen LogP contribution in [0.1, 0.15) is 19.3 Å². The van der Waals surface area contributed by atoms with E-state index in [1.807, 2.05) is 0 Å². The van der Waals surface area contributed by atoms with Gasteiger partial charge in [-0.2, -0.15) is 0 Å². The number of likely N-dealkylation sites (tertiary alicyclic amines) is 1. The second-order valence-electron chi connectivity index (χ2n) is 4.44. The van der Waals surface area contributed by atoms with Crippen molar-refractivity contribution in [1.82, 2.24) is 9.80 Å². The minimum atomic E-state index is -1.07. The molecular formula is C11H16Cl2N2O2. The van der Waals surface area contributed by atoms with Crippen LogP contribution in [0.4, 0.5) is 0 Å². The predicted octanol–water partition coefficient (Wildman–Crippen LogP) is 1.32. The maximum Gasteiger partial charge on any atom is 0.269 e. The van der Waals surface area contributed by atoms with Crippen LogP contribution in [0.2, 0.25) is 0 Å². The third-order valence-corrected chi connectivity index (χ3v) is 4.13. The lowest BCUT2D eigenvalue weighted by atomic mass is 10.1. The van der Waals surface area contributed by atoms with E-state index in [1.54, 1.807) is 0 Å². The molecule has 0 aliphatic carbocycles. The van der Waals surface area contributed by atoms with Crippen molar-refractivity contribution in [3.8, 4) is 0 Å². The number of carbonyl (C=O) groups excluding carboxylic acids is 1. The molecule has 0 radical (unpaired) electrons. The summed E-state index contributed by atoms with van der Waals surface area (Å²) in [4.78, 5) is 15.3. The fraction of sp³-hybridized carbons (Fsp3) is 0.727. The summed E-state index contributed by atoms with van der Waals surface area (Å²) in [5.74, 6) is -0.374. The molecule has 2 heterocycles. The quantitative estimate of drug-likeness (QED) is 0.847. The highest BCUT2D eigenvalue weighted by molar-refractivity contribution is 6.49. The van der Waals surface area contributed by atoms with E-state index in [-0.39, 0.29) is 16.0 Å². The Bertz CT molecular complexity index is 340. The summed E-state index contributed by atoms with van der Waals surface area (Å²) in [5.41, 5.74) is 0. The number of nitrogens with zero attached hydrogens (tertiary/aromatic N) is 2. The molecule has 0 spiro atoms. The monoisotopic (exact) mass is 278 g/mol. The molecule has 0 saturated carbocycles. The maximum absolute atomic E-state index is 11.7. The van der Waals surface area contributed by atoms with Crippen LogP contribution in [0, 0.1) is 0 Å². The number of halogens is 2. The van der Waals surface area contributed by atoms with Gasteiger partial charge in [0.05, 0.1) is 5.03 Å². The average Bonchev–Trinajstić information content (AvgIpc) is 2.54. The molecule has 0 aromatic heterocycles. The van der Waals surface area contributed by atoms with Gasteiger partial charge in [-0.15, -0.1) is 0 Å². The first-order valence-corrected chi connectivity index (χ1v) is 6.63. The molecule has 1 saturated heterocycles. The summed E-state index contributed by atoms with van der Waals surface area (Å²) in [7, 11) is 0. The number of hydrogen-bond donors (Lipinski definition) is 1.